The number of nitrogens with two attached hydrogens (primary N) is 1. The molecular formula is C26H24N4O2. The molecule has 0 saturated carbocycles. The normalized spacial score (nSPS) is 15.8. The minimum Gasteiger partial charge on any atom is -0.457 e. The second-order valence-electron chi connectivity index (χ2n) is 8.10. The summed E-state index contributed by atoms with van der Waals surface area (Å²) in [5, 5.41) is 0.839. The van der Waals surface area contributed by atoms with Gasteiger partial charge in [0.25, 0.3) is 0 Å². The van der Waals surface area contributed by atoms with Crippen molar-refractivity contribution in [1.82, 2.24) is 14.9 Å². The van der Waals surface area contributed by atoms with Gasteiger partial charge in [0.05, 0.1) is 11.2 Å². The zero-order chi connectivity index (χ0) is 22.1. The Morgan fingerprint density at radius 3 is 2.56 bits per heavy atom. The Labute approximate surface area is 186 Å². The smallest absolute Gasteiger partial charge is 0.219 e. The number of para-hydroxylation sites is 1. The Hall–Kier alpha value is -3.93. The van der Waals surface area contributed by atoms with E-state index in [0.717, 1.165) is 52.1 Å². The number of rotatable bonds is 4. The Kier molecular flexibility index (Phi) is 5.19. The standard InChI is InChI=1S/C26H24N4O2/c1-17(31)30-12-11-19(15-30)23-13-22(25(27)24-14-28-16-29-26(23)24)18-7-9-21(10-8-18)32-20-5-3-2-4-6-20/h2-10,13-14,16,19H,11-12,15,27H2,1H3. The Morgan fingerprint density at radius 2 is 1.84 bits per heavy atom. The van der Waals surface area contributed by atoms with E-state index in [9.17, 15) is 4.79 Å². The molecule has 0 aliphatic carbocycles. The van der Waals surface area contributed by atoms with Crippen molar-refractivity contribution in [3.63, 3.8) is 0 Å². The van der Waals surface area contributed by atoms with Gasteiger partial charge in [0, 0.05) is 43.1 Å². The van der Waals surface area contributed by atoms with Gasteiger partial charge in [-0.05, 0) is 47.9 Å². The molecule has 32 heavy (non-hydrogen) atoms. The minimum absolute atomic E-state index is 0.108. The fraction of sp³-hybridized carbons (Fsp3) is 0.192. The number of fused-ring (bicyclic) bond motifs is 1. The second-order valence-corrected chi connectivity index (χ2v) is 8.10. The first kappa shape index (κ1) is 20.0. The number of ether oxygens (including phenoxy) is 1. The summed E-state index contributed by atoms with van der Waals surface area (Å²) in [6.07, 6.45) is 4.24. The third-order valence-electron chi connectivity index (χ3n) is 6.08. The molecule has 6 nitrogen and oxygen atoms in total. The number of nitrogens with zero attached hydrogens (tertiary/aromatic N) is 3. The van der Waals surface area contributed by atoms with Crippen molar-refractivity contribution in [2.45, 2.75) is 19.3 Å². The number of amides is 1. The Morgan fingerprint density at radius 1 is 1.09 bits per heavy atom. The van der Waals surface area contributed by atoms with Crippen LogP contribution in [0.2, 0.25) is 0 Å². The van der Waals surface area contributed by atoms with E-state index in [4.69, 9.17) is 10.5 Å². The topological polar surface area (TPSA) is 81.3 Å². The highest BCUT2D eigenvalue weighted by molar-refractivity contribution is 6.00. The molecule has 3 aromatic carbocycles. The van der Waals surface area contributed by atoms with Crippen molar-refractivity contribution in [2.24, 2.45) is 0 Å². The number of anilines is 1. The molecule has 0 radical (unpaired) electrons. The predicted octanol–water partition coefficient (Wildman–Crippen LogP) is 5.01. The summed E-state index contributed by atoms with van der Waals surface area (Å²) < 4.78 is 5.92. The first-order valence-electron chi connectivity index (χ1n) is 10.7. The quantitative estimate of drug-likeness (QED) is 0.466. The number of nitrogen functional groups attached to an aromatic ring is 1. The van der Waals surface area contributed by atoms with Crippen LogP contribution in [0.5, 0.6) is 11.5 Å². The first-order chi connectivity index (χ1) is 15.6. The summed E-state index contributed by atoms with van der Waals surface area (Å²) in [6.45, 7) is 3.08. The molecule has 0 bridgehead atoms. The van der Waals surface area contributed by atoms with Gasteiger partial charge in [0.1, 0.15) is 17.8 Å². The van der Waals surface area contributed by atoms with Gasteiger partial charge >= 0.3 is 0 Å². The van der Waals surface area contributed by atoms with Gasteiger partial charge in [0.15, 0.2) is 0 Å². The van der Waals surface area contributed by atoms with Crippen LogP contribution in [0.4, 0.5) is 5.69 Å². The molecule has 4 aromatic rings. The fourth-order valence-electron chi connectivity index (χ4n) is 4.38. The molecule has 1 atom stereocenters. The number of aromatic nitrogens is 2. The van der Waals surface area contributed by atoms with Gasteiger partial charge in [-0.1, -0.05) is 30.3 Å². The molecule has 0 spiro atoms. The molecule has 160 valence electrons. The average Bonchev–Trinajstić information content (AvgIpc) is 3.31. The van der Waals surface area contributed by atoms with Crippen LogP contribution in [0.3, 0.4) is 0 Å². The monoisotopic (exact) mass is 424 g/mol. The van der Waals surface area contributed by atoms with E-state index in [1.54, 1.807) is 19.4 Å². The van der Waals surface area contributed by atoms with E-state index in [-0.39, 0.29) is 11.8 Å². The number of carbonyl (C=O) groups is 1. The highest BCUT2D eigenvalue weighted by Gasteiger charge is 2.28. The van der Waals surface area contributed by atoms with Crippen molar-refractivity contribution in [2.75, 3.05) is 18.8 Å². The zero-order valence-corrected chi connectivity index (χ0v) is 17.9. The number of benzene rings is 3. The molecule has 6 heteroatoms. The molecule has 5 rings (SSSR count). The molecule has 1 saturated heterocycles. The highest BCUT2D eigenvalue weighted by atomic mass is 16.5. The predicted molar refractivity (Wildman–Crippen MR) is 126 cm³/mol. The van der Waals surface area contributed by atoms with E-state index in [1.165, 1.54) is 0 Å². The molecular weight excluding hydrogens is 400 g/mol. The van der Waals surface area contributed by atoms with E-state index in [1.807, 2.05) is 59.5 Å². The third kappa shape index (κ3) is 3.75. The maximum atomic E-state index is 11.9. The summed E-state index contributed by atoms with van der Waals surface area (Å²) in [5.41, 5.74) is 11.1. The summed E-state index contributed by atoms with van der Waals surface area (Å²) in [4.78, 5) is 22.5. The van der Waals surface area contributed by atoms with Crippen LogP contribution in [0, 0.1) is 0 Å². The minimum atomic E-state index is 0.108. The van der Waals surface area contributed by atoms with E-state index in [0.29, 0.717) is 12.2 Å². The van der Waals surface area contributed by atoms with Crippen molar-refractivity contribution >= 4 is 22.5 Å². The number of likely N-dealkylation sites (tertiary alicyclic amines) is 1. The first-order valence-corrected chi connectivity index (χ1v) is 10.7. The van der Waals surface area contributed by atoms with Crippen molar-refractivity contribution in [3.8, 4) is 22.6 Å². The summed E-state index contributed by atoms with van der Waals surface area (Å²) >= 11 is 0. The summed E-state index contributed by atoms with van der Waals surface area (Å²) in [5.74, 6) is 1.88. The third-order valence-corrected chi connectivity index (χ3v) is 6.08. The molecule has 1 aromatic heterocycles. The van der Waals surface area contributed by atoms with Crippen LogP contribution in [0.1, 0.15) is 24.8 Å². The lowest BCUT2D eigenvalue weighted by molar-refractivity contribution is -0.127. The number of hydrogen-bond donors (Lipinski definition) is 1. The second kappa shape index (κ2) is 8.30. The van der Waals surface area contributed by atoms with Gasteiger partial charge in [-0.3, -0.25) is 4.79 Å². The van der Waals surface area contributed by atoms with Crippen molar-refractivity contribution in [3.05, 3.63) is 78.8 Å². The summed E-state index contributed by atoms with van der Waals surface area (Å²) in [7, 11) is 0. The Balaban J connectivity index is 1.53. The highest BCUT2D eigenvalue weighted by Crippen LogP contribution is 2.39. The molecule has 1 amide bonds. The number of hydrogen-bond acceptors (Lipinski definition) is 5. The SMILES string of the molecule is CC(=O)N1CCC(c2cc(-c3ccc(Oc4ccccc4)cc3)c(N)c3cncnc23)C1. The van der Waals surface area contributed by atoms with E-state index < -0.39 is 0 Å². The molecule has 1 fully saturated rings. The molecule has 1 aliphatic heterocycles. The molecule has 2 heterocycles. The van der Waals surface area contributed by atoms with Crippen LogP contribution < -0.4 is 10.5 Å². The van der Waals surface area contributed by atoms with E-state index >= 15 is 0 Å². The van der Waals surface area contributed by atoms with Gasteiger partial charge < -0.3 is 15.4 Å². The maximum Gasteiger partial charge on any atom is 0.219 e. The molecule has 1 unspecified atom stereocenters. The van der Waals surface area contributed by atoms with Gasteiger partial charge in [-0.25, -0.2) is 9.97 Å². The zero-order valence-electron chi connectivity index (χ0n) is 17.9. The lowest BCUT2D eigenvalue weighted by Gasteiger charge is -2.18. The maximum absolute atomic E-state index is 11.9. The van der Waals surface area contributed by atoms with Crippen molar-refractivity contribution in [1.29, 1.82) is 0 Å². The number of carbonyl (C=O) groups excluding carboxylic acids is 1. The molecule has 1 aliphatic rings. The average molecular weight is 425 g/mol. The van der Waals surface area contributed by atoms with Crippen LogP contribution in [-0.2, 0) is 4.79 Å². The van der Waals surface area contributed by atoms with E-state index in [2.05, 4.69) is 16.0 Å². The van der Waals surface area contributed by atoms with Gasteiger partial charge in [-0.2, -0.15) is 0 Å². The largest absolute Gasteiger partial charge is 0.457 e. The lowest BCUT2D eigenvalue weighted by Crippen LogP contribution is -2.25. The van der Waals surface area contributed by atoms with Gasteiger partial charge in [-0.15, -0.1) is 0 Å². The van der Waals surface area contributed by atoms with Crippen molar-refractivity contribution < 1.29 is 9.53 Å². The fourth-order valence-corrected chi connectivity index (χ4v) is 4.38. The lowest BCUT2D eigenvalue weighted by atomic mass is 9.90. The van der Waals surface area contributed by atoms with Crippen LogP contribution in [0.25, 0.3) is 22.0 Å². The Bertz CT molecular complexity index is 1270. The van der Waals surface area contributed by atoms with Crippen LogP contribution in [0.15, 0.2) is 73.2 Å². The van der Waals surface area contributed by atoms with Crippen LogP contribution in [-0.4, -0.2) is 33.9 Å². The summed E-state index contributed by atoms with van der Waals surface area (Å²) in [6, 6.07) is 19.7. The molecule has 2 N–H and O–H groups in total. The van der Waals surface area contributed by atoms with Gasteiger partial charge in [0.2, 0.25) is 5.91 Å². The van der Waals surface area contributed by atoms with Crippen LogP contribution >= 0.6 is 0 Å².